The van der Waals surface area contributed by atoms with Gasteiger partial charge < -0.3 is 25.4 Å². The van der Waals surface area contributed by atoms with Gasteiger partial charge in [0.05, 0.1) is 18.9 Å². The molecule has 1 saturated carbocycles. The Balaban J connectivity index is 1.76. The Hall–Kier alpha value is -2.12. The fraction of sp³-hybridized carbons (Fsp3) is 0.600. The van der Waals surface area contributed by atoms with E-state index in [4.69, 9.17) is 15.2 Å². The number of amides is 2. The van der Waals surface area contributed by atoms with Crippen molar-refractivity contribution in [2.45, 2.75) is 51.7 Å². The number of nitrogens with zero attached hydrogens (tertiary/aromatic N) is 1. The van der Waals surface area contributed by atoms with Crippen molar-refractivity contribution < 1.29 is 19.1 Å². The highest BCUT2D eigenvalue weighted by atomic mass is 16.5. The maximum atomic E-state index is 12.9. The largest absolute Gasteiger partial charge is 0.494 e. The molecule has 0 aromatic heterocycles. The number of benzene rings is 1. The molecule has 1 aromatic rings. The van der Waals surface area contributed by atoms with Crippen molar-refractivity contribution in [2.75, 3.05) is 30.5 Å². The van der Waals surface area contributed by atoms with E-state index in [1.807, 2.05) is 20.8 Å². The van der Waals surface area contributed by atoms with Gasteiger partial charge in [0.15, 0.2) is 0 Å². The summed E-state index contributed by atoms with van der Waals surface area (Å²) in [5, 5.41) is 2.90. The fourth-order valence-electron chi connectivity index (χ4n) is 3.94. The third-order valence-corrected chi connectivity index (χ3v) is 6.04. The van der Waals surface area contributed by atoms with Gasteiger partial charge in [0.25, 0.3) is 0 Å². The number of methoxy groups -OCH3 is 1. The highest BCUT2D eigenvalue weighted by Gasteiger charge is 2.62. The van der Waals surface area contributed by atoms with Crippen LogP contribution in [-0.4, -0.2) is 43.7 Å². The Morgan fingerprint density at radius 2 is 2.15 bits per heavy atom. The topological polar surface area (TPSA) is 93.9 Å². The molecule has 3 N–H and O–H groups in total. The van der Waals surface area contributed by atoms with Gasteiger partial charge in [-0.25, -0.2) is 0 Å². The van der Waals surface area contributed by atoms with Gasteiger partial charge in [-0.3, -0.25) is 9.59 Å². The molecule has 148 valence electrons. The van der Waals surface area contributed by atoms with E-state index in [1.54, 1.807) is 30.2 Å². The van der Waals surface area contributed by atoms with E-state index in [0.29, 0.717) is 37.4 Å². The first-order chi connectivity index (χ1) is 12.7. The molecule has 2 aliphatic rings. The zero-order valence-corrected chi connectivity index (χ0v) is 16.5. The van der Waals surface area contributed by atoms with Crippen LogP contribution in [0.15, 0.2) is 18.2 Å². The van der Waals surface area contributed by atoms with Crippen LogP contribution in [0.3, 0.4) is 0 Å². The lowest BCUT2D eigenvalue weighted by atomic mass is 9.54. The molecule has 2 unspecified atom stereocenters. The average molecular weight is 375 g/mol. The molecule has 1 saturated heterocycles. The monoisotopic (exact) mass is 375 g/mol. The number of nitrogens with one attached hydrogen (secondary N) is 1. The predicted octanol–water partition coefficient (Wildman–Crippen LogP) is 2.29. The van der Waals surface area contributed by atoms with Crippen LogP contribution in [0.4, 0.5) is 11.4 Å². The molecule has 0 radical (unpaired) electrons. The maximum Gasteiger partial charge on any atom is 0.245 e. The van der Waals surface area contributed by atoms with Crippen molar-refractivity contribution in [2.24, 2.45) is 11.1 Å². The van der Waals surface area contributed by atoms with Crippen LogP contribution < -0.4 is 20.7 Å². The van der Waals surface area contributed by atoms with E-state index in [-0.39, 0.29) is 17.9 Å². The van der Waals surface area contributed by atoms with E-state index in [1.165, 1.54) is 0 Å². The summed E-state index contributed by atoms with van der Waals surface area (Å²) < 4.78 is 11.1. The molecule has 3 rings (SSSR count). The Kier molecular flexibility index (Phi) is 5.18. The van der Waals surface area contributed by atoms with Gasteiger partial charge in [0.1, 0.15) is 11.3 Å². The minimum atomic E-state index is -0.996. The normalized spacial score (nSPS) is 26.6. The Morgan fingerprint density at radius 1 is 1.41 bits per heavy atom. The minimum Gasteiger partial charge on any atom is -0.494 e. The molecule has 2 amide bonds. The van der Waals surface area contributed by atoms with Crippen molar-refractivity contribution in [3.8, 4) is 5.75 Å². The number of hydrogen-bond donors (Lipinski definition) is 2. The summed E-state index contributed by atoms with van der Waals surface area (Å²) in [7, 11) is 1.55. The predicted molar refractivity (Wildman–Crippen MR) is 104 cm³/mol. The number of ether oxygens (including phenoxy) is 2. The molecule has 2 fully saturated rings. The number of carbonyl (C=O) groups excluding carboxylic acids is 2. The average Bonchev–Trinajstić information content (AvgIpc) is 3.06. The summed E-state index contributed by atoms with van der Waals surface area (Å²) in [5.74, 6) is 0.397. The van der Waals surface area contributed by atoms with Crippen molar-refractivity contribution in [1.82, 2.24) is 0 Å². The van der Waals surface area contributed by atoms with Gasteiger partial charge in [-0.2, -0.15) is 0 Å². The lowest BCUT2D eigenvalue weighted by Gasteiger charge is -2.57. The molecule has 0 spiro atoms. The van der Waals surface area contributed by atoms with Crippen molar-refractivity contribution >= 4 is 23.2 Å². The van der Waals surface area contributed by atoms with Crippen LogP contribution in [0.2, 0.25) is 0 Å². The highest BCUT2D eigenvalue weighted by molar-refractivity contribution is 6.01. The fourth-order valence-corrected chi connectivity index (χ4v) is 3.94. The first-order valence-electron chi connectivity index (χ1n) is 9.45. The molecule has 27 heavy (non-hydrogen) atoms. The molecule has 1 heterocycles. The van der Waals surface area contributed by atoms with Crippen molar-refractivity contribution in [3.05, 3.63) is 18.2 Å². The van der Waals surface area contributed by atoms with Crippen LogP contribution >= 0.6 is 0 Å². The smallest absolute Gasteiger partial charge is 0.245 e. The Labute approximate surface area is 160 Å². The first-order valence-corrected chi connectivity index (χ1v) is 9.45. The second-order valence-corrected chi connectivity index (χ2v) is 7.83. The third kappa shape index (κ3) is 3.19. The summed E-state index contributed by atoms with van der Waals surface area (Å²) in [4.78, 5) is 26.6. The number of nitrogens with two attached hydrogens (primary N) is 1. The molecule has 1 aliphatic heterocycles. The molecule has 0 bridgehead atoms. The van der Waals surface area contributed by atoms with Crippen LogP contribution in [0.25, 0.3) is 0 Å². The first kappa shape index (κ1) is 19.6. The van der Waals surface area contributed by atoms with Gasteiger partial charge in [-0.15, -0.1) is 0 Å². The zero-order valence-electron chi connectivity index (χ0n) is 16.5. The Bertz CT molecular complexity index is 749. The van der Waals surface area contributed by atoms with Gasteiger partial charge in [-0.05, 0) is 25.5 Å². The van der Waals surface area contributed by atoms with E-state index in [2.05, 4.69) is 5.32 Å². The SMILES string of the molecule is CCOC1CC(N)(C(=O)Nc2ccc(N3CCCC3=O)c(OC)c2)C1(C)C. The number of carbonyl (C=O) groups is 2. The number of hydrogen-bond acceptors (Lipinski definition) is 5. The summed E-state index contributed by atoms with van der Waals surface area (Å²) in [6, 6.07) is 5.31. The molecule has 1 aliphatic carbocycles. The molecular weight excluding hydrogens is 346 g/mol. The molecule has 2 atom stereocenters. The van der Waals surface area contributed by atoms with Crippen LogP contribution in [0.1, 0.15) is 40.0 Å². The molecule has 7 heteroatoms. The standard InChI is InChI=1S/C20H29N3O4/c1-5-27-16-12-20(21,19(16,2)3)18(25)22-13-8-9-14(15(11-13)26-4)23-10-6-7-17(23)24/h8-9,11,16H,5-7,10,12,21H2,1-4H3,(H,22,25). The van der Waals surface area contributed by atoms with Gasteiger partial charge in [-0.1, -0.05) is 13.8 Å². The van der Waals surface area contributed by atoms with E-state index in [0.717, 1.165) is 12.1 Å². The second kappa shape index (κ2) is 7.13. The van der Waals surface area contributed by atoms with Crippen LogP contribution in [-0.2, 0) is 14.3 Å². The zero-order chi connectivity index (χ0) is 19.8. The number of rotatable bonds is 6. The lowest BCUT2D eigenvalue weighted by Crippen LogP contribution is -2.74. The minimum absolute atomic E-state index is 0.0312. The highest BCUT2D eigenvalue weighted by Crippen LogP contribution is 2.50. The van der Waals surface area contributed by atoms with E-state index < -0.39 is 11.0 Å². The summed E-state index contributed by atoms with van der Waals surface area (Å²) >= 11 is 0. The van der Waals surface area contributed by atoms with Gasteiger partial charge >= 0.3 is 0 Å². The van der Waals surface area contributed by atoms with Crippen LogP contribution in [0.5, 0.6) is 5.75 Å². The summed E-state index contributed by atoms with van der Waals surface area (Å²) in [6.45, 7) is 7.13. The second-order valence-electron chi connectivity index (χ2n) is 7.83. The van der Waals surface area contributed by atoms with Gasteiger partial charge in [0, 0.05) is 43.2 Å². The van der Waals surface area contributed by atoms with E-state index >= 15 is 0 Å². The maximum absolute atomic E-state index is 12.9. The van der Waals surface area contributed by atoms with Crippen molar-refractivity contribution in [3.63, 3.8) is 0 Å². The third-order valence-electron chi connectivity index (χ3n) is 6.04. The van der Waals surface area contributed by atoms with Crippen molar-refractivity contribution in [1.29, 1.82) is 0 Å². The Morgan fingerprint density at radius 3 is 2.70 bits per heavy atom. The molecular formula is C20H29N3O4. The van der Waals surface area contributed by atoms with E-state index in [9.17, 15) is 9.59 Å². The summed E-state index contributed by atoms with van der Waals surface area (Å²) in [6.07, 6.45) is 1.84. The summed E-state index contributed by atoms with van der Waals surface area (Å²) in [5.41, 5.74) is 6.29. The van der Waals surface area contributed by atoms with Gasteiger partial charge in [0.2, 0.25) is 11.8 Å². The van der Waals surface area contributed by atoms with Crippen LogP contribution in [0, 0.1) is 5.41 Å². The molecule has 7 nitrogen and oxygen atoms in total. The quantitative estimate of drug-likeness (QED) is 0.796. The lowest BCUT2D eigenvalue weighted by molar-refractivity contribution is -0.166. The molecule has 1 aromatic carbocycles. The number of anilines is 2.